The first kappa shape index (κ1) is 16.5. The lowest BCUT2D eigenvalue weighted by molar-refractivity contribution is -0.146. The van der Waals surface area contributed by atoms with Crippen LogP contribution in [0.3, 0.4) is 0 Å². The molecule has 0 aromatic heterocycles. The van der Waals surface area contributed by atoms with E-state index in [9.17, 15) is 9.90 Å². The summed E-state index contributed by atoms with van der Waals surface area (Å²) >= 11 is 3.49. The largest absolute Gasteiger partial charge is 0.481 e. The summed E-state index contributed by atoms with van der Waals surface area (Å²) in [4.78, 5) is 13.8. The molecular formula is C17H24BrNO2. The van der Waals surface area contributed by atoms with Gasteiger partial charge in [0.25, 0.3) is 0 Å². The Hall–Kier alpha value is -0.870. The molecule has 3 unspecified atom stereocenters. The predicted octanol–water partition coefficient (Wildman–Crippen LogP) is 4.16. The van der Waals surface area contributed by atoms with Crippen LogP contribution < -0.4 is 0 Å². The first-order valence-electron chi connectivity index (χ1n) is 7.68. The normalized spacial score (nSPS) is 26.0. The van der Waals surface area contributed by atoms with Crippen LogP contribution in [0.25, 0.3) is 0 Å². The van der Waals surface area contributed by atoms with Gasteiger partial charge < -0.3 is 5.11 Å². The SMILES string of the molecule is CCC1CCC(C(=O)O)C(N(C)Cc2cccc(Br)c2)C1. The van der Waals surface area contributed by atoms with Crippen molar-refractivity contribution in [2.45, 2.75) is 45.2 Å². The Morgan fingerprint density at radius 2 is 2.19 bits per heavy atom. The molecule has 1 aliphatic carbocycles. The Labute approximate surface area is 135 Å². The molecule has 1 aromatic carbocycles. The predicted molar refractivity (Wildman–Crippen MR) is 88.2 cm³/mol. The second kappa shape index (κ2) is 7.41. The number of carboxylic acids is 1. The summed E-state index contributed by atoms with van der Waals surface area (Å²) < 4.78 is 1.07. The van der Waals surface area contributed by atoms with Gasteiger partial charge >= 0.3 is 5.97 Å². The van der Waals surface area contributed by atoms with Gasteiger partial charge in [-0.2, -0.15) is 0 Å². The molecule has 0 bridgehead atoms. The first-order valence-corrected chi connectivity index (χ1v) is 8.48. The molecule has 0 aliphatic heterocycles. The van der Waals surface area contributed by atoms with Crippen LogP contribution in [-0.2, 0) is 11.3 Å². The van der Waals surface area contributed by atoms with Crippen molar-refractivity contribution in [3.63, 3.8) is 0 Å². The van der Waals surface area contributed by atoms with Crippen molar-refractivity contribution in [1.29, 1.82) is 0 Å². The van der Waals surface area contributed by atoms with Crippen molar-refractivity contribution in [1.82, 2.24) is 4.90 Å². The summed E-state index contributed by atoms with van der Waals surface area (Å²) in [5.74, 6) is -0.212. The first-order chi connectivity index (χ1) is 10.0. The second-order valence-electron chi connectivity index (χ2n) is 6.14. The zero-order chi connectivity index (χ0) is 15.4. The van der Waals surface area contributed by atoms with Gasteiger partial charge in [-0.05, 0) is 49.9 Å². The van der Waals surface area contributed by atoms with Gasteiger partial charge in [-0.1, -0.05) is 41.4 Å². The number of nitrogens with zero attached hydrogens (tertiary/aromatic N) is 1. The molecule has 3 nitrogen and oxygen atoms in total. The van der Waals surface area contributed by atoms with Crippen LogP contribution in [0, 0.1) is 11.8 Å². The molecule has 21 heavy (non-hydrogen) atoms. The smallest absolute Gasteiger partial charge is 0.308 e. The third-order valence-electron chi connectivity index (χ3n) is 4.71. The lowest BCUT2D eigenvalue weighted by Crippen LogP contribution is -2.45. The summed E-state index contributed by atoms with van der Waals surface area (Å²) in [6.07, 6.45) is 4.00. The maximum absolute atomic E-state index is 11.5. The molecular weight excluding hydrogens is 330 g/mol. The highest BCUT2D eigenvalue weighted by molar-refractivity contribution is 9.10. The molecule has 1 aromatic rings. The van der Waals surface area contributed by atoms with Crippen molar-refractivity contribution in [2.24, 2.45) is 11.8 Å². The third kappa shape index (κ3) is 4.30. The molecule has 0 saturated heterocycles. The minimum atomic E-state index is -0.643. The molecule has 1 aliphatic rings. The number of aliphatic carboxylic acids is 1. The monoisotopic (exact) mass is 353 g/mol. The maximum atomic E-state index is 11.5. The molecule has 2 rings (SSSR count). The highest BCUT2D eigenvalue weighted by Gasteiger charge is 2.36. The zero-order valence-corrected chi connectivity index (χ0v) is 14.3. The Kier molecular flexibility index (Phi) is 5.82. The van der Waals surface area contributed by atoms with Gasteiger partial charge in [-0.25, -0.2) is 0 Å². The topological polar surface area (TPSA) is 40.5 Å². The average Bonchev–Trinajstić information content (AvgIpc) is 2.46. The fourth-order valence-electron chi connectivity index (χ4n) is 3.42. The second-order valence-corrected chi connectivity index (χ2v) is 7.06. The van der Waals surface area contributed by atoms with Gasteiger partial charge in [0.05, 0.1) is 5.92 Å². The summed E-state index contributed by atoms with van der Waals surface area (Å²) in [5, 5.41) is 9.49. The quantitative estimate of drug-likeness (QED) is 0.863. The molecule has 1 saturated carbocycles. The number of carboxylic acid groups (broad SMARTS) is 1. The van der Waals surface area contributed by atoms with Gasteiger partial charge in [-0.3, -0.25) is 9.69 Å². The van der Waals surface area contributed by atoms with Crippen LogP contribution in [0.1, 0.15) is 38.2 Å². The van der Waals surface area contributed by atoms with Crippen LogP contribution in [-0.4, -0.2) is 29.1 Å². The number of carbonyl (C=O) groups is 1. The fourth-order valence-corrected chi connectivity index (χ4v) is 3.86. The standard InChI is InChI=1S/C17H24BrNO2/c1-3-12-7-8-15(17(20)21)16(10-12)19(2)11-13-5-4-6-14(18)9-13/h4-6,9,12,15-16H,3,7-8,10-11H2,1-2H3,(H,20,21). The number of rotatable bonds is 5. The number of hydrogen-bond donors (Lipinski definition) is 1. The molecule has 0 radical (unpaired) electrons. The van der Waals surface area contributed by atoms with E-state index < -0.39 is 5.97 Å². The lowest BCUT2D eigenvalue weighted by Gasteiger charge is -2.39. The molecule has 0 amide bonds. The van der Waals surface area contributed by atoms with Gasteiger partial charge in [0.1, 0.15) is 0 Å². The molecule has 1 fully saturated rings. The molecule has 4 heteroatoms. The van der Waals surface area contributed by atoms with Crippen LogP contribution in [0.2, 0.25) is 0 Å². The highest BCUT2D eigenvalue weighted by atomic mass is 79.9. The Morgan fingerprint density at radius 3 is 2.81 bits per heavy atom. The summed E-state index contributed by atoms with van der Waals surface area (Å²) in [7, 11) is 2.06. The van der Waals surface area contributed by atoms with E-state index in [1.807, 2.05) is 12.1 Å². The van der Waals surface area contributed by atoms with E-state index in [0.29, 0.717) is 5.92 Å². The maximum Gasteiger partial charge on any atom is 0.308 e. The summed E-state index contributed by atoms with van der Waals surface area (Å²) in [6.45, 7) is 3.00. The third-order valence-corrected chi connectivity index (χ3v) is 5.20. The van der Waals surface area contributed by atoms with E-state index in [1.54, 1.807) is 0 Å². The molecule has 0 heterocycles. The van der Waals surface area contributed by atoms with E-state index in [-0.39, 0.29) is 12.0 Å². The van der Waals surface area contributed by atoms with Crippen molar-refractivity contribution in [3.05, 3.63) is 34.3 Å². The van der Waals surface area contributed by atoms with E-state index in [2.05, 4.69) is 46.9 Å². The minimum Gasteiger partial charge on any atom is -0.481 e. The van der Waals surface area contributed by atoms with E-state index in [0.717, 1.165) is 36.7 Å². The zero-order valence-electron chi connectivity index (χ0n) is 12.8. The van der Waals surface area contributed by atoms with Crippen LogP contribution in [0.5, 0.6) is 0 Å². The molecule has 1 N–H and O–H groups in total. The van der Waals surface area contributed by atoms with E-state index in [4.69, 9.17) is 0 Å². The average molecular weight is 354 g/mol. The van der Waals surface area contributed by atoms with E-state index >= 15 is 0 Å². The molecule has 3 atom stereocenters. The number of hydrogen-bond acceptors (Lipinski definition) is 2. The highest BCUT2D eigenvalue weighted by Crippen LogP contribution is 2.34. The van der Waals surface area contributed by atoms with Gasteiger partial charge in [-0.15, -0.1) is 0 Å². The minimum absolute atomic E-state index is 0.139. The van der Waals surface area contributed by atoms with Gasteiger partial charge in [0, 0.05) is 17.1 Å². The van der Waals surface area contributed by atoms with Crippen molar-refractivity contribution >= 4 is 21.9 Å². The van der Waals surface area contributed by atoms with Crippen molar-refractivity contribution in [3.8, 4) is 0 Å². The van der Waals surface area contributed by atoms with Gasteiger partial charge in [0.15, 0.2) is 0 Å². The molecule has 116 valence electrons. The summed E-state index contributed by atoms with van der Waals surface area (Å²) in [6, 6.07) is 8.37. The Morgan fingerprint density at radius 1 is 1.43 bits per heavy atom. The van der Waals surface area contributed by atoms with E-state index in [1.165, 1.54) is 5.56 Å². The van der Waals surface area contributed by atoms with Gasteiger partial charge in [0.2, 0.25) is 0 Å². The van der Waals surface area contributed by atoms with Crippen LogP contribution >= 0.6 is 15.9 Å². The van der Waals surface area contributed by atoms with Crippen LogP contribution in [0.4, 0.5) is 0 Å². The van der Waals surface area contributed by atoms with Crippen molar-refractivity contribution in [2.75, 3.05) is 7.05 Å². The Bertz CT molecular complexity index is 491. The number of benzene rings is 1. The number of halogens is 1. The fraction of sp³-hybridized carbons (Fsp3) is 0.588. The Balaban J connectivity index is 2.09. The van der Waals surface area contributed by atoms with Crippen LogP contribution in [0.15, 0.2) is 28.7 Å². The molecule has 0 spiro atoms. The lowest BCUT2D eigenvalue weighted by atomic mass is 9.76. The van der Waals surface area contributed by atoms with Crippen molar-refractivity contribution < 1.29 is 9.90 Å². The summed E-state index contributed by atoms with van der Waals surface area (Å²) in [5.41, 5.74) is 1.22.